The van der Waals surface area contributed by atoms with E-state index < -0.39 is 0 Å². The second-order valence-electron chi connectivity index (χ2n) is 3.69. The van der Waals surface area contributed by atoms with Gasteiger partial charge >= 0.3 is 0 Å². The molecule has 1 N–H and O–H groups in total. The highest BCUT2D eigenvalue weighted by Gasteiger charge is 2.10. The van der Waals surface area contributed by atoms with E-state index in [0.717, 1.165) is 19.2 Å². The van der Waals surface area contributed by atoms with Gasteiger partial charge in [0.2, 0.25) is 0 Å². The van der Waals surface area contributed by atoms with Crippen molar-refractivity contribution in [3.05, 3.63) is 56.8 Å². The number of thiophene rings is 1. The van der Waals surface area contributed by atoms with E-state index >= 15 is 0 Å². The van der Waals surface area contributed by atoms with Crippen LogP contribution in [0.2, 0.25) is 0 Å². The van der Waals surface area contributed by atoms with Crippen LogP contribution in [0, 0.1) is 2.88 Å². The summed E-state index contributed by atoms with van der Waals surface area (Å²) in [6.07, 6.45) is 1.85. The Kier molecular flexibility index (Phi) is 5.47. The standard InChI is InChI=1S/C14H12INOS2/c1-2-7-18-12-6-4-3-5-11(12)16-14(17)10-8-13(15)19-9-10/h2-6,8-9H,1,7H2,(H,16,17). The number of nitrogens with one attached hydrogen (secondary N) is 1. The van der Waals surface area contributed by atoms with Crippen LogP contribution in [0.3, 0.4) is 0 Å². The average Bonchev–Trinajstić information content (AvgIpc) is 2.84. The van der Waals surface area contributed by atoms with Crippen molar-refractivity contribution in [1.82, 2.24) is 0 Å². The molecular weight excluding hydrogens is 389 g/mol. The summed E-state index contributed by atoms with van der Waals surface area (Å²) in [5.41, 5.74) is 1.55. The highest BCUT2D eigenvalue weighted by Crippen LogP contribution is 2.27. The molecule has 98 valence electrons. The molecule has 0 saturated heterocycles. The molecule has 2 rings (SSSR count). The van der Waals surface area contributed by atoms with E-state index in [9.17, 15) is 4.79 Å². The number of amides is 1. The molecule has 1 aromatic carbocycles. The van der Waals surface area contributed by atoms with Crippen molar-refractivity contribution in [3.8, 4) is 0 Å². The predicted octanol–water partition coefficient (Wildman–Crippen LogP) is 4.88. The number of benzene rings is 1. The van der Waals surface area contributed by atoms with Crippen LogP contribution < -0.4 is 5.32 Å². The molecule has 5 heteroatoms. The average molecular weight is 401 g/mol. The van der Waals surface area contributed by atoms with E-state index in [1.807, 2.05) is 41.8 Å². The van der Waals surface area contributed by atoms with E-state index in [2.05, 4.69) is 34.5 Å². The van der Waals surface area contributed by atoms with Gasteiger partial charge < -0.3 is 5.32 Å². The van der Waals surface area contributed by atoms with Crippen LogP contribution in [0.5, 0.6) is 0 Å². The molecule has 0 radical (unpaired) electrons. The Bertz CT molecular complexity index is 595. The molecule has 2 aromatic rings. The number of carbonyl (C=O) groups is 1. The first-order chi connectivity index (χ1) is 9.20. The molecule has 1 amide bonds. The van der Waals surface area contributed by atoms with Gasteiger partial charge in [-0.05, 0) is 40.8 Å². The van der Waals surface area contributed by atoms with Gasteiger partial charge in [-0.3, -0.25) is 4.79 Å². The van der Waals surface area contributed by atoms with Gasteiger partial charge in [0.15, 0.2) is 0 Å². The summed E-state index contributed by atoms with van der Waals surface area (Å²) >= 11 is 5.44. The number of para-hydroxylation sites is 1. The molecule has 19 heavy (non-hydrogen) atoms. The van der Waals surface area contributed by atoms with Crippen LogP contribution in [0.4, 0.5) is 5.69 Å². The van der Waals surface area contributed by atoms with Gasteiger partial charge in [-0.2, -0.15) is 0 Å². The SMILES string of the molecule is C=CCSc1ccccc1NC(=O)c1csc(I)c1. The molecule has 0 atom stereocenters. The predicted molar refractivity (Wildman–Crippen MR) is 92.4 cm³/mol. The first-order valence-corrected chi connectivity index (χ1v) is 8.53. The number of carbonyl (C=O) groups excluding carboxylic acids is 1. The van der Waals surface area contributed by atoms with Crippen molar-refractivity contribution in [2.45, 2.75) is 4.90 Å². The van der Waals surface area contributed by atoms with Crippen molar-refractivity contribution in [2.75, 3.05) is 11.1 Å². The van der Waals surface area contributed by atoms with Crippen molar-refractivity contribution >= 4 is 57.3 Å². The summed E-state index contributed by atoms with van der Waals surface area (Å²) in [4.78, 5) is 13.2. The van der Waals surface area contributed by atoms with Gasteiger partial charge in [0, 0.05) is 16.0 Å². The zero-order valence-corrected chi connectivity index (χ0v) is 13.8. The first kappa shape index (κ1) is 14.6. The number of rotatable bonds is 5. The van der Waals surface area contributed by atoms with Crippen LogP contribution in [-0.2, 0) is 0 Å². The maximum Gasteiger partial charge on any atom is 0.256 e. The minimum atomic E-state index is -0.0641. The van der Waals surface area contributed by atoms with Gasteiger partial charge in [-0.15, -0.1) is 29.7 Å². The quantitative estimate of drug-likeness (QED) is 0.440. The number of hydrogen-bond acceptors (Lipinski definition) is 3. The second-order valence-corrected chi connectivity index (χ2v) is 7.56. The highest BCUT2D eigenvalue weighted by atomic mass is 127. The summed E-state index contributed by atoms with van der Waals surface area (Å²) in [7, 11) is 0. The maximum absolute atomic E-state index is 12.1. The van der Waals surface area contributed by atoms with E-state index in [-0.39, 0.29) is 5.91 Å². The zero-order chi connectivity index (χ0) is 13.7. The van der Waals surface area contributed by atoms with Crippen molar-refractivity contribution < 1.29 is 4.79 Å². The molecule has 0 bridgehead atoms. The summed E-state index contributed by atoms with van der Waals surface area (Å²) in [6.45, 7) is 3.71. The molecular formula is C14H12INOS2. The largest absolute Gasteiger partial charge is 0.321 e. The van der Waals surface area contributed by atoms with Crippen LogP contribution >= 0.6 is 45.7 Å². The van der Waals surface area contributed by atoms with E-state index in [4.69, 9.17) is 0 Å². The van der Waals surface area contributed by atoms with Crippen molar-refractivity contribution in [1.29, 1.82) is 0 Å². The molecule has 0 fully saturated rings. The fraction of sp³-hybridized carbons (Fsp3) is 0.0714. The fourth-order valence-electron chi connectivity index (χ4n) is 1.47. The Morgan fingerprint density at radius 2 is 2.26 bits per heavy atom. The molecule has 1 heterocycles. The molecule has 0 aliphatic rings. The van der Waals surface area contributed by atoms with E-state index in [1.54, 1.807) is 23.1 Å². The number of hydrogen-bond donors (Lipinski definition) is 1. The van der Waals surface area contributed by atoms with Crippen LogP contribution in [0.15, 0.2) is 53.3 Å². The third-order valence-corrected chi connectivity index (χ3v) is 5.18. The number of anilines is 1. The third-order valence-electron chi connectivity index (χ3n) is 2.32. The first-order valence-electron chi connectivity index (χ1n) is 5.59. The third kappa shape index (κ3) is 4.09. The molecule has 0 aliphatic heterocycles. The smallest absolute Gasteiger partial charge is 0.256 e. The van der Waals surface area contributed by atoms with E-state index in [1.165, 1.54) is 0 Å². The Balaban J connectivity index is 2.14. The molecule has 0 saturated carbocycles. The highest BCUT2D eigenvalue weighted by molar-refractivity contribution is 14.1. The number of halogens is 1. The van der Waals surface area contributed by atoms with E-state index in [0.29, 0.717) is 5.56 Å². The lowest BCUT2D eigenvalue weighted by molar-refractivity contribution is 0.102. The Morgan fingerprint density at radius 1 is 1.47 bits per heavy atom. The normalized spacial score (nSPS) is 10.2. The Hall–Kier alpha value is -0.790. The van der Waals surface area contributed by atoms with Gasteiger partial charge in [-0.25, -0.2) is 0 Å². The summed E-state index contributed by atoms with van der Waals surface area (Å²) in [6, 6.07) is 9.70. The Morgan fingerprint density at radius 3 is 2.95 bits per heavy atom. The van der Waals surface area contributed by atoms with Crippen LogP contribution in [0.25, 0.3) is 0 Å². The van der Waals surface area contributed by atoms with Crippen LogP contribution in [-0.4, -0.2) is 11.7 Å². The van der Waals surface area contributed by atoms with Crippen LogP contribution in [0.1, 0.15) is 10.4 Å². The van der Waals surface area contributed by atoms with Gasteiger partial charge in [0.05, 0.1) is 14.1 Å². The molecule has 0 spiro atoms. The molecule has 1 aromatic heterocycles. The summed E-state index contributed by atoms with van der Waals surface area (Å²) in [5.74, 6) is 0.759. The Labute approximate surface area is 134 Å². The zero-order valence-electron chi connectivity index (χ0n) is 10.1. The number of thioether (sulfide) groups is 1. The van der Waals surface area contributed by atoms with Crippen molar-refractivity contribution in [3.63, 3.8) is 0 Å². The lowest BCUT2D eigenvalue weighted by atomic mass is 10.3. The summed E-state index contributed by atoms with van der Waals surface area (Å²) < 4.78 is 1.11. The molecule has 0 unspecified atom stereocenters. The monoisotopic (exact) mass is 401 g/mol. The fourth-order valence-corrected chi connectivity index (χ4v) is 3.54. The minimum absolute atomic E-state index is 0.0641. The lowest BCUT2D eigenvalue weighted by Crippen LogP contribution is -2.11. The maximum atomic E-state index is 12.1. The van der Waals surface area contributed by atoms with Crippen molar-refractivity contribution in [2.24, 2.45) is 0 Å². The lowest BCUT2D eigenvalue weighted by Gasteiger charge is -2.09. The van der Waals surface area contributed by atoms with Gasteiger partial charge in [-0.1, -0.05) is 18.2 Å². The second kappa shape index (κ2) is 7.12. The minimum Gasteiger partial charge on any atom is -0.321 e. The summed E-state index contributed by atoms with van der Waals surface area (Å²) in [5, 5.41) is 4.83. The molecule has 0 aliphatic carbocycles. The molecule has 2 nitrogen and oxygen atoms in total. The van der Waals surface area contributed by atoms with Gasteiger partial charge in [0.1, 0.15) is 0 Å². The van der Waals surface area contributed by atoms with Gasteiger partial charge in [0.25, 0.3) is 5.91 Å². The topological polar surface area (TPSA) is 29.1 Å².